The highest BCUT2D eigenvalue weighted by Gasteiger charge is 2.10. The van der Waals surface area contributed by atoms with Gasteiger partial charge >= 0.3 is 0 Å². The first-order valence-corrected chi connectivity index (χ1v) is 5.98. The summed E-state index contributed by atoms with van der Waals surface area (Å²) in [4.78, 5) is 15.2. The van der Waals surface area contributed by atoms with Crippen LogP contribution in [0.5, 0.6) is 0 Å². The smallest absolute Gasteiger partial charge is 0.223 e. The van der Waals surface area contributed by atoms with Gasteiger partial charge in [-0.1, -0.05) is 13.8 Å². The molecule has 0 aromatic heterocycles. The highest BCUT2D eigenvalue weighted by molar-refractivity contribution is 5.75. The Morgan fingerprint density at radius 3 is 2.19 bits per heavy atom. The molecular formula is C12H27N3O. The van der Waals surface area contributed by atoms with Gasteiger partial charge in [0.1, 0.15) is 0 Å². The molecule has 16 heavy (non-hydrogen) atoms. The lowest BCUT2D eigenvalue weighted by Crippen LogP contribution is -2.33. The molecule has 0 aliphatic carbocycles. The van der Waals surface area contributed by atoms with E-state index in [2.05, 4.69) is 18.7 Å². The normalized spacial score (nSPS) is 13.2. The van der Waals surface area contributed by atoms with E-state index in [4.69, 9.17) is 5.73 Å². The van der Waals surface area contributed by atoms with Crippen molar-refractivity contribution in [3.8, 4) is 0 Å². The van der Waals surface area contributed by atoms with Gasteiger partial charge in [0.15, 0.2) is 0 Å². The van der Waals surface area contributed by atoms with Crippen LogP contribution in [-0.2, 0) is 4.79 Å². The van der Waals surface area contributed by atoms with Crippen molar-refractivity contribution in [3.63, 3.8) is 0 Å². The summed E-state index contributed by atoms with van der Waals surface area (Å²) in [6, 6.07) is 0.256. The molecule has 2 N–H and O–H groups in total. The molecule has 0 saturated heterocycles. The average molecular weight is 229 g/mol. The van der Waals surface area contributed by atoms with Crippen LogP contribution < -0.4 is 5.73 Å². The number of rotatable bonds is 7. The number of hydrogen-bond acceptors (Lipinski definition) is 3. The topological polar surface area (TPSA) is 49.6 Å². The summed E-state index contributed by atoms with van der Waals surface area (Å²) in [5.41, 5.74) is 5.97. The molecule has 0 fully saturated rings. The van der Waals surface area contributed by atoms with E-state index in [1.807, 2.05) is 7.05 Å². The minimum atomic E-state index is 0.181. The van der Waals surface area contributed by atoms with E-state index in [1.54, 1.807) is 19.0 Å². The van der Waals surface area contributed by atoms with Gasteiger partial charge in [0, 0.05) is 33.1 Å². The Morgan fingerprint density at radius 1 is 1.19 bits per heavy atom. The van der Waals surface area contributed by atoms with Crippen LogP contribution in [0.2, 0.25) is 0 Å². The fourth-order valence-corrected chi connectivity index (χ4v) is 1.32. The first-order valence-electron chi connectivity index (χ1n) is 5.98. The average Bonchev–Trinajstić information content (AvgIpc) is 2.21. The first-order chi connectivity index (χ1) is 7.34. The zero-order valence-electron chi connectivity index (χ0n) is 11.4. The van der Waals surface area contributed by atoms with Crippen LogP contribution in [0.3, 0.4) is 0 Å². The number of nitrogens with zero attached hydrogens (tertiary/aromatic N) is 2. The molecule has 1 unspecified atom stereocenters. The van der Waals surface area contributed by atoms with Gasteiger partial charge in [-0.05, 0) is 25.9 Å². The fraction of sp³-hybridized carbons (Fsp3) is 0.917. The molecule has 0 bridgehead atoms. The molecule has 0 aromatic carbocycles. The molecule has 1 amide bonds. The van der Waals surface area contributed by atoms with E-state index in [1.165, 1.54) is 0 Å². The van der Waals surface area contributed by atoms with Gasteiger partial charge < -0.3 is 15.5 Å². The second-order valence-electron chi connectivity index (χ2n) is 5.04. The van der Waals surface area contributed by atoms with Crippen molar-refractivity contribution in [2.24, 2.45) is 11.7 Å². The van der Waals surface area contributed by atoms with E-state index in [0.29, 0.717) is 12.3 Å². The lowest BCUT2D eigenvalue weighted by atomic mass is 10.0. The summed E-state index contributed by atoms with van der Waals surface area (Å²) in [6.45, 7) is 6.04. The van der Waals surface area contributed by atoms with Crippen LogP contribution in [0.4, 0.5) is 0 Å². The zero-order chi connectivity index (χ0) is 12.7. The summed E-state index contributed by atoms with van der Waals surface area (Å²) in [7, 11) is 5.62. The molecule has 0 aliphatic heterocycles. The molecule has 1 atom stereocenters. The lowest BCUT2D eigenvalue weighted by Gasteiger charge is -2.21. The van der Waals surface area contributed by atoms with Crippen molar-refractivity contribution in [2.75, 3.05) is 34.2 Å². The zero-order valence-corrected chi connectivity index (χ0v) is 11.4. The third-order valence-electron chi connectivity index (χ3n) is 2.91. The Bertz CT molecular complexity index is 204. The van der Waals surface area contributed by atoms with Crippen molar-refractivity contribution in [2.45, 2.75) is 32.7 Å². The van der Waals surface area contributed by atoms with Crippen LogP contribution in [-0.4, -0.2) is 56.0 Å². The molecule has 4 heteroatoms. The third kappa shape index (κ3) is 6.80. The van der Waals surface area contributed by atoms with Crippen LogP contribution in [0.25, 0.3) is 0 Å². The fourth-order valence-electron chi connectivity index (χ4n) is 1.32. The summed E-state index contributed by atoms with van der Waals surface area (Å²) in [5, 5.41) is 0. The number of nitrogens with two attached hydrogens (primary N) is 1. The number of carbonyl (C=O) groups is 1. The van der Waals surface area contributed by atoms with Crippen molar-refractivity contribution < 1.29 is 4.79 Å². The number of hydrogen-bond donors (Lipinski definition) is 1. The molecule has 0 saturated carbocycles. The van der Waals surface area contributed by atoms with Crippen LogP contribution in [0.1, 0.15) is 26.7 Å². The number of amides is 1. The standard InChI is InChI=1S/C12H27N3O/c1-10(2)11(13)6-8-15(5)9-7-12(16)14(3)4/h10-11H,6-9,13H2,1-5H3. The molecular weight excluding hydrogens is 202 g/mol. The maximum Gasteiger partial charge on any atom is 0.223 e. The molecule has 0 rings (SSSR count). The first kappa shape index (κ1) is 15.4. The van der Waals surface area contributed by atoms with E-state index in [0.717, 1.165) is 19.5 Å². The van der Waals surface area contributed by atoms with E-state index in [9.17, 15) is 4.79 Å². The minimum absolute atomic E-state index is 0.181. The van der Waals surface area contributed by atoms with Gasteiger partial charge in [0.25, 0.3) is 0 Å². The lowest BCUT2D eigenvalue weighted by molar-refractivity contribution is -0.128. The van der Waals surface area contributed by atoms with Gasteiger partial charge in [-0.15, -0.1) is 0 Å². The van der Waals surface area contributed by atoms with Crippen LogP contribution >= 0.6 is 0 Å². The molecule has 0 radical (unpaired) electrons. The second kappa shape index (κ2) is 7.63. The van der Waals surface area contributed by atoms with Gasteiger partial charge in [-0.3, -0.25) is 4.79 Å². The highest BCUT2D eigenvalue weighted by Crippen LogP contribution is 2.03. The maximum atomic E-state index is 11.4. The molecule has 0 aromatic rings. The van der Waals surface area contributed by atoms with Gasteiger partial charge in [0.05, 0.1) is 0 Å². The Kier molecular flexibility index (Phi) is 7.34. The van der Waals surface area contributed by atoms with Gasteiger partial charge in [0.2, 0.25) is 5.91 Å². The van der Waals surface area contributed by atoms with Crippen LogP contribution in [0.15, 0.2) is 0 Å². The largest absolute Gasteiger partial charge is 0.349 e. The molecule has 96 valence electrons. The highest BCUT2D eigenvalue weighted by atomic mass is 16.2. The molecule has 0 aliphatic rings. The van der Waals surface area contributed by atoms with Crippen molar-refractivity contribution in [1.29, 1.82) is 0 Å². The number of carbonyl (C=O) groups excluding carboxylic acids is 1. The molecule has 0 heterocycles. The monoisotopic (exact) mass is 229 g/mol. The second-order valence-corrected chi connectivity index (χ2v) is 5.04. The quantitative estimate of drug-likeness (QED) is 0.701. The molecule has 4 nitrogen and oxygen atoms in total. The Balaban J connectivity index is 3.67. The van der Waals surface area contributed by atoms with Gasteiger partial charge in [-0.2, -0.15) is 0 Å². The minimum Gasteiger partial charge on any atom is -0.349 e. The van der Waals surface area contributed by atoms with Crippen molar-refractivity contribution in [3.05, 3.63) is 0 Å². The van der Waals surface area contributed by atoms with Crippen molar-refractivity contribution >= 4 is 5.91 Å². The summed E-state index contributed by atoms with van der Waals surface area (Å²) >= 11 is 0. The summed E-state index contributed by atoms with van der Waals surface area (Å²) in [5.74, 6) is 0.705. The van der Waals surface area contributed by atoms with Gasteiger partial charge in [-0.25, -0.2) is 0 Å². The predicted molar refractivity (Wildman–Crippen MR) is 68.2 cm³/mol. The summed E-state index contributed by atoms with van der Waals surface area (Å²) < 4.78 is 0. The van der Waals surface area contributed by atoms with E-state index < -0.39 is 0 Å². The predicted octanol–water partition coefficient (Wildman–Crippen LogP) is 0.770. The molecule has 0 spiro atoms. The SMILES string of the molecule is CC(C)C(N)CCN(C)CCC(=O)N(C)C. The Hall–Kier alpha value is -0.610. The van der Waals surface area contributed by atoms with Crippen molar-refractivity contribution in [1.82, 2.24) is 9.80 Å². The van der Waals surface area contributed by atoms with E-state index >= 15 is 0 Å². The maximum absolute atomic E-state index is 11.4. The van der Waals surface area contributed by atoms with E-state index in [-0.39, 0.29) is 11.9 Å². The Morgan fingerprint density at radius 2 is 1.75 bits per heavy atom. The van der Waals surface area contributed by atoms with Crippen LogP contribution in [0, 0.1) is 5.92 Å². The third-order valence-corrected chi connectivity index (χ3v) is 2.91. The Labute approximate surface area is 99.8 Å². The summed E-state index contributed by atoms with van der Waals surface area (Å²) in [6.07, 6.45) is 1.57.